The second kappa shape index (κ2) is 3.27. The first-order valence-electron chi connectivity index (χ1n) is 4.94. The van der Waals surface area contributed by atoms with Crippen molar-refractivity contribution in [2.75, 3.05) is 6.61 Å². The fourth-order valence-corrected chi connectivity index (χ4v) is 2.00. The molecular weight excluding hydrogens is 216 g/mol. The number of nitrogens with one attached hydrogen (secondary N) is 1. The Labute approximate surface area is 89.2 Å². The molecule has 2 saturated heterocycles. The topological polar surface area (TPSA) is 96.8 Å². The maximum Gasteiger partial charge on any atom is 0.330 e. The van der Waals surface area contributed by atoms with Crippen LogP contribution in [0.15, 0.2) is 21.9 Å². The predicted octanol–water partition coefficient (Wildman–Crippen LogP) is -1.81. The van der Waals surface area contributed by atoms with E-state index in [1.165, 1.54) is 16.8 Å². The number of aromatic nitrogens is 2. The number of epoxide rings is 1. The lowest BCUT2D eigenvalue weighted by atomic mass is 10.2. The van der Waals surface area contributed by atoms with Crippen LogP contribution in [0.1, 0.15) is 6.23 Å². The minimum Gasteiger partial charge on any atom is -0.394 e. The highest BCUT2D eigenvalue weighted by atomic mass is 16.7. The molecule has 0 aromatic carbocycles. The van der Waals surface area contributed by atoms with Crippen LogP contribution >= 0.6 is 0 Å². The summed E-state index contributed by atoms with van der Waals surface area (Å²) in [4.78, 5) is 24.5. The summed E-state index contributed by atoms with van der Waals surface area (Å²) < 4.78 is 12.0. The number of aromatic amines is 1. The Kier molecular flexibility index (Phi) is 2.00. The van der Waals surface area contributed by atoms with Crippen LogP contribution in [0.5, 0.6) is 0 Å². The van der Waals surface area contributed by atoms with Crippen molar-refractivity contribution in [1.82, 2.24) is 9.55 Å². The Bertz CT molecular complexity index is 521. The van der Waals surface area contributed by atoms with Crippen LogP contribution in [0, 0.1) is 0 Å². The molecule has 0 saturated carbocycles. The Morgan fingerprint density at radius 1 is 1.38 bits per heavy atom. The van der Waals surface area contributed by atoms with Crippen LogP contribution in [0.25, 0.3) is 0 Å². The van der Waals surface area contributed by atoms with E-state index in [1.54, 1.807) is 0 Å². The van der Waals surface area contributed by atoms with Crippen molar-refractivity contribution in [3.05, 3.63) is 33.1 Å². The lowest BCUT2D eigenvalue weighted by Gasteiger charge is -2.17. The highest BCUT2D eigenvalue weighted by Gasteiger charge is 2.58. The molecule has 0 bridgehead atoms. The Hall–Kier alpha value is -1.44. The fourth-order valence-electron chi connectivity index (χ4n) is 2.00. The predicted molar refractivity (Wildman–Crippen MR) is 51.0 cm³/mol. The molecule has 1 unspecified atom stereocenters. The van der Waals surface area contributed by atoms with Gasteiger partial charge in [-0.1, -0.05) is 0 Å². The van der Waals surface area contributed by atoms with Crippen molar-refractivity contribution in [3.8, 4) is 0 Å². The SMILES string of the molecule is O=c1ccn([C@@H]2OC(CO)[C@@H]3O[C@@H]23)c(=O)[nH]1. The monoisotopic (exact) mass is 226 g/mol. The second-order valence-electron chi connectivity index (χ2n) is 3.83. The van der Waals surface area contributed by atoms with Gasteiger partial charge >= 0.3 is 5.69 Å². The van der Waals surface area contributed by atoms with Gasteiger partial charge in [-0.05, 0) is 0 Å². The first-order valence-corrected chi connectivity index (χ1v) is 4.94. The molecule has 2 aliphatic rings. The third-order valence-electron chi connectivity index (χ3n) is 2.83. The summed E-state index contributed by atoms with van der Waals surface area (Å²) in [6.07, 6.45) is 0.0551. The Morgan fingerprint density at radius 2 is 2.19 bits per heavy atom. The zero-order valence-corrected chi connectivity index (χ0v) is 8.20. The summed E-state index contributed by atoms with van der Waals surface area (Å²) in [7, 11) is 0. The smallest absolute Gasteiger partial charge is 0.330 e. The van der Waals surface area contributed by atoms with Gasteiger partial charge in [0, 0.05) is 12.3 Å². The fraction of sp³-hybridized carbons (Fsp3) is 0.556. The van der Waals surface area contributed by atoms with E-state index in [0.29, 0.717) is 0 Å². The molecule has 86 valence electrons. The molecule has 3 heterocycles. The lowest BCUT2D eigenvalue weighted by Crippen LogP contribution is -2.34. The van der Waals surface area contributed by atoms with Gasteiger partial charge in [0.2, 0.25) is 0 Å². The number of hydrogen-bond donors (Lipinski definition) is 2. The van der Waals surface area contributed by atoms with Gasteiger partial charge in [-0.15, -0.1) is 0 Å². The maximum atomic E-state index is 11.5. The van der Waals surface area contributed by atoms with Crippen molar-refractivity contribution >= 4 is 0 Å². The minimum atomic E-state index is -0.563. The summed E-state index contributed by atoms with van der Waals surface area (Å²) in [5.74, 6) is 0. The molecule has 0 amide bonds. The number of fused-ring (bicyclic) bond motifs is 1. The van der Waals surface area contributed by atoms with Crippen molar-refractivity contribution in [2.24, 2.45) is 0 Å². The second-order valence-corrected chi connectivity index (χ2v) is 3.83. The molecule has 2 N–H and O–H groups in total. The van der Waals surface area contributed by atoms with Crippen LogP contribution in [0.4, 0.5) is 0 Å². The minimum absolute atomic E-state index is 0.143. The molecule has 0 radical (unpaired) electrons. The molecule has 2 fully saturated rings. The van der Waals surface area contributed by atoms with Crippen LogP contribution in [-0.2, 0) is 9.47 Å². The number of ether oxygens (including phenoxy) is 2. The van der Waals surface area contributed by atoms with E-state index >= 15 is 0 Å². The average molecular weight is 226 g/mol. The zero-order valence-electron chi connectivity index (χ0n) is 8.20. The number of H-pyrrole nitrogens is 1. The quantitative estimate of drug-likeness (QED) is 0.579. The first-order chi connectivity index (χ1) is 7.70. The normalized spacial score (nSPS) is 36.1. The molecule has 4 atom stereocenters. The van der Waals surface area contributed by atoms with Gasteiger partial charge < -0.3 is 14.6 Å². The largest absolute Gasteiger partial charge is 0.394 e. The van der Waals surface area contributed by atoms with Crippen LogP contribution in [0.3, 0.4) is 0 Å². The van der Waals surface area contributed by atoms with Gasteiger partial charge in [0.25, 0.3) is 5.56 Å². The molecule has 3 rings (SSSR count). The highest BCUT2D eigenvalue weighted by molar-refractivity contribution is 5.02. The number of aliphatic hydroxyl groups excluding tert-OH is 1. The van der Waals surface area contributed by atoms with Gasteiger partial charge in [-0.2, -0.15) is 0 Å². The van der Waals surface area contributed by atoms with Crippen molar-refractivity contribution < 1.29 is 14.6 Å². The standard InChI is InChI=1S/C9H10N2O5/c12-3-4-6-7(16-6)8(15-4)11-2-1-5(13)10-9(11)14/h1-2,4,6-8,12H,3H2,(H,10,13,14)/t4?,6-,7+,8+/m0/s1. The van der Waals surface area contributed by atoms with Gasteiger partial charge in [0.15, 0.2) is 6.23 Å². The molecule has 2 aliphatic heterocycles. The number of rotatable bonds is 2. The van der Waals surface area contributed by atoms with Crippen molar-refractivity contribution in [2.45, 2.75) is 24.5 Å². The summed E-state index contributed by atoms with van der Waals surface area (Å²) in [6, 6.07) is 1.24. The number of nitrogens with zero attached hydrogens (tertiary/aromatic N) is 1. The van der Waals surface area contributed by atoms with Crippen LogP contribution in [0.2, 0.25) is 0 Å². The maximum absolute atomic E-state index is 11.5. The van der Waals surface area contributed by atoms with E-state index in [2.05, 4.69) is 4.98 Å². The van der Waals surface area contributed by atoms with Gasteiger partial charge in [-0.3, -0.25) is 14.3 Å². The third kappa shape index (κ3) is 1.33. The third-order valence-corrected chi connectivity index (χ3v) is 2.83. The van der Waals surface area contributed by atoms with Crippen LogP contribution < -0.4 is 11.2 Å². The average Bonchev–Trinajstić information content (AvgIpc) is 2.96. The Balaban J connectivity index is 1.94. The van der Waals surface area contributed by atoms with E-state index in [0.717, 1.165) is 0 Å². The highest BCUT2D eigenvalue weighted by Crippen LogP contribution is 2.43. The van der Waals surface area contributed by atoms with E-state index < -0.39 is 23.6 Å². The van der Waals surface area contributed by atoms with E-state index in [4.69, 9.17) is 14.6 Å². The first kappa shape index (κ1) is 9.76. The molecule has 0 spiro atoms. The van der Waals surface area contributed by atoms with E-state index in [-0.39, 0.29) is 18.8 Å². The molecular formula is C9H10N2O5. The van der Waals surface area contributed by atoms with Crippen LogP contribution in [-0.4, -0.2) is 39.6 Å². The summed E-state index contributed by atoms with van der Waals surface area (Å²) >= 11 is 0. The van der Waals surface area contributed by atoms with Crippen molar-refractivity contribution in [3.63, 3.8) is 0 Å². The van der Waals surface area contributed by atoms with Crippen molar-refractivity contribution in [1.29, 1.82) is 0 Å². The molecule has 7 nitrogen and oxygen atoms in total. The summed E-state index contributed by atoms with van der Waals surface area (Å²) in [5, 5.41) is 8.99. The Morgan fingerprint density at radius 3 is 2.81 bits per heavy atom. The van der Waals surface area contributed by atoms with Gasteiger partial charge in [-0.25, -0.2) is 4.79 Å². The van der Waals surface area contributed by atoms with E-state index in [1.807, 2.05) is 0 Å². The molecule has 7 heteroatoms. The number of hydrogen-bond acceptors (Lipinski definition) is 5. The van der Waals surface area contributed by atoms with E-state index in [9.17, 15) is 9.59 Å². The lowest BCUT2D eigenvalue weighted by molar-refractivity contribution is -0.0856. The molecule has 0 aliphatic carbocycles. The zero-order chi connectivity index (χ0) is 11.3. The molecule has 1 aromatic rings. The van der Waals surface area contributed by atoms with Gasteiger partial charge in [0.1, 0.15) is 18.3 Å². The summed E-state index contributed by atoms with van der Waals surface area (Å²) in [6.45, 7) is -0.143. The number of aliphatic hydroxyl groups is 1. The van der Waals surface area contributed by atoms with Gasteiger partial charge in [0.05, 0.1) is 6.61 Å². The molecule has 16 heavy (non-hydrogen) atoms. The summed E-state index contributed by atoms with van der Waals surface area (Å²) in [5.41, 5.74) is -0.989. The molecule has 1 aromatic heterocycles.